The lowest BCUT2D eigenvalue weighted by atomic mass is 9.78. The van der Waals surface area contributed by atoms with Gasteiger partial charge in [-0.2, -0.15) is 0 Å². The lowest BCUT2D eigenvalue weighted by molar-refractivity contribution is -0.108. The number of aldehydes is 1. The summed E-state index contributed by atoms with van der Waals surface area (Å²) in [5, 5.41) is 0. The third-order valence-electron chi connectivity index (χ3n) is 5.42. The quantitative estimate of drug-likeness (QED) is 0.419. The van der Waals surface area contributed by atoms with Gasteiger partial charge in [-0.1, -0.05) is 69.7 Å². The first kappa shape index (κ1) is 17.2. The minimum atomic E-state index is 0.770. The van der Waals surface area contributed by atoms with Crippen LogP contribution < -0.4 is 0 Å². The minimum absolute atomic E-state index is 0.770. The van der Waals surface area contributed by atoms with E-state index in [4.69, 9.17) is 0 Å². The van der Waals surface area contributed by atoms with Crippen molar-refractivity contribution < 1.29 is 4.79 Å². The lowest BCUT2D eigenvalue weighted by Gasteiger charge is -2.28. The molecule has 1 aliphatic carbocycles. The van der Waals surface area contributed by atoms with Crippen LogP contribution in [0.5, 0.6) is 0 Å². The average molecular weight is 300 g/mol. The van der Waals surface area contributed by atoms with Crippen LogP contribution in [0.25, 0.3) is 0 Å². The second-order valence-electron chi connectivity index (χ2n) is 7.05. The normalized spacial score (nSPS) is 21.7. The van der Waals surface area contributed by atoms with Gasteiger partial charge in [-0.3, -0.25) is 0 Å². The largest absolute Gasteiger partial charge is 0.303 e. The minimum Gasteiger partial charge on any atom is -0.303 e. The molecule has 0 aromatic heterocycles. The molecule has 1 heteroatoms. The molecule has 0 heterocycles. The Morgan fingerprint density at radius 1 is 0.909 bits per heavy atom. The maximum atomic E-state index is 10.4. The molecule has 1 aliphatic rings. The van der Waals surface area contributed by atoms with Crippen LogP contribution in [-0.2, 0) is 17.6 Å². The van der Waals surface area contributed by atoms with Gasteiger partial charge in [-0.15, -0.1) is 0 Å². The van der Waals surface area contributed by atoms with Crippen LogP contribution in [-0.4, -0.2) is 6.29 Å². The van der Waals surface area contributed by atoms with E-state index in [1.54, 1.807) is 0 Å². The molecule has 0 aliphatic heterocycles. The van der Waals surface area contributed by atoms with E-state index >= 15 is 0 Å². The van der Waals surface area contributed by atoms with E-state index in [1.165, 1.54) is 62.5 Å². The molecule has 0 spiro atoms. The summed E-state index contributed by atoms with van der Waals surface area (Å²) in [6.07, 6.45) is 15.0. The number of carbonyl (C=O) groups is 1. The SMILES string of the molecule is CCc1ccc(CCCCC2CCC(CCC=O)CC2)cc1. The first-order valence-corrected chi connectivity index (χ1v) is 9.33. The molecule has 1 saturated carbocycles. The number of aryl methyl sites for hydroxylation is 2. The van der Waals surface area contributed by atoms with Gasteiger partial charge in [0.1, 0.15) is 6.29 Å². The van der Waals surface area contributed by atoms with Crippen LogP contribution in [0.3, 0.4) is 0 Å². The monoisotopic (exact) mass is 300 g/mol. The molecule has 0 unspecified atom stereocenters. The van der Waals surface area contributed by atoms with Crippen molar-refractivity contribution in [2.24, 2.45) is 11.8 Å². The highest BCUT2D eigenvalue weighted by Gasteiger charge is 2.20. The van der Waals surface area contributed by atoms with Crippen molar-refractivity contribution in [3.05, 3.63) is 35.4 Å². The van der Waals surface area contributed by atoms with E-state index in [0.29, 0.717) is 0 Å². The molecule has 1 fully saturated rings. The van der Waals surface area contributed by atoms with Crippen LogP contribution in [0, 0.1) is 11.8 Å². The Morgan fingerprint density at radius 2 is 1.50 bits per heavy atom. The molecule has 0 saturated heterocycles. The summed E-state index contributed by atoms with van der Waals surface area (Å²) in [5.74, 6) is 1.79. The Balaban J connectivity index is 1.56. The van der Waals surface area contributed by atoms with Crippen molar-refractivity contribution in [3.63, 3.8) is 0 Å². The molecule has 1 nitrogen and oxygen atoms in total. The van der Waals surface area contributed by atoms with Crippen molar-refractivity contribution in [2.75, 3.05) is 0 Å². The number of hydrogen-bond donors (Lipinski definition) is 0. The van der Waals surface area contributed by atoms with Crippen molar-refractivity contribution >= 4 is 6.29 Å². The fraction of sp³-hybridized carbons (Fsp3) is 0.667. The Morgan fingerprint density at radius 3 is 2.09 bits per heavy atom. The van der Waals surface area contributed by atoms with Crippen LogP contribution in [0.15, 0.2) is 24.3 Å². The van der Waals surface area contributed by atoms with Gasteiger partial charge in [-0.05, 0) is 48.6 Å². The Labute approximate surface area is 136 Å². The highest BCUT2D eigenvalue weighted by atomic mass is 16.1. The van der Waals surface area contributed by atoms with Crippen molar-refractivity contribution in [1.29, 1.82) is 0 Å². The zero-order chi connectivity index (χ0) is 15.6. The van der Waals surface area contributed by atoms with E-state index in [2.05, 4.69) is 31.2 Å². The Bertz CT molecular complexity index is 412. The molecular weight excluding hydrogens is 268 g/mol. The molecule has 122 valence electrons. The molecule has 22 heavy (non-hydrogen) atoms. The van der Waals surface area contributed by atoms with Crippen molar-refractivity contribution in [2.45, 2.75) is 77.6 Å². The van der Waals surface area contributed by atoms with Gasteiger partial charge in [-0.25, -0.2) is 0 Å². The first-order valence-electron chi connectivity index (χ1n) is 9.33. The number of unbranched alkanes of at least 4 members (excludes halogenated alkanes) is 1. The third kappa shape index (κ3) is 5.94. The van der Waals surface area contributed by atoms with Crippen LogP contribution in [0.1, 0.15) is 75.8 Å². The number of carbonyl (C=O) groups excluding carboxylic acids is 1. The molecule has 1 aromatic rings. The Hall–Kier alpha value is -1.11. The smallest absolute Gasteiger partial charge is 0.120 e. The number of rotatable bonds is 9. The third-order valence-corrected chi connectivity index (χ3v) is 5.42. The second kappa shape index (κ2) is 9.82. The summed E-state index contributed by atoms with van der Waals surface area (Å²) >= 11 is 0. The molecular formula is C21H32O. The molecule has 0 N–H and O–H groups in total. The van der Waals surface area contributed by atoms with Crippen LogP contribution >= 0.6 is 0 Å². The lowest BCUT2D eigenvalue weighted by Crippen LogP contribution is -2.14. The predicted molar refractivity (Wildman–Crippen MR) is 94.1 cm³/mol. The maximum absolute atomic E-state index is 10.4. The van der Waals surface area contributed by atoms with E-state index in [0.717, 1.165) is 37.4 Å². The predicted octanol–water partition coefficient (Wildman–Crippen LogP) is 5.75. The zero-order valence-corrected chi connectivity index (χ0v) is 14.2. The summed E-state index contributed by atoms with van der Waals surface area (Å²) < 4.78 is 0. The van der Waals surface area contributed by atoms with E-state index < -0.39 is 0 Å². The highest BCUT2D eigenvalue weighted by molar-refractivity contribution is 5.49. The van der Waals surface area contributed by atoms with E-state index in [-0.39, 0.29) is 0 Å². The first-order chi connectivity index (χ1) is 10.8. The summed E-state index contributed by atoms with van der Waals surface area (Å²) in [6, 6.07) is 9.15. The topological polar surface area (TPSA) is 17.1 Å². The van der Waals surface area contributed by atoms with E-state index in [1.807, 2.05) is 0 Å². The summed E-state index contributed by atoms with van der Waals surface area (Å²) in [7, 11) is 0. The summed E-state index contributed by atoms with van der Waals surface area (Å²) in [6.45, 7) is 2.21. The van der Waals surface area contributed by atoms with Crippen LogP contribution in [0.4, 0.5) is 0 Å². The summed E-state index contributed by atoms with van der Waals surface area (Å²) in [5.41, 5.74) is 2.94. The zero-order valence-electron chi connectivity index (χ0n) is 14.2. The van der Waals surface area contributed by atoms with Gasteiger partial charge in [0.15, 0.2) is 0 Å². The molecule has 0 bridgehead atoms. The molecule has 0 amide bonds. The van der Waals surface area contributed by atoms with E-state index in [9.17, 15) is 4.79 Å². The van der Waals surface area contributed by atoms with Gasteiger partial charge in [0.2, 0.25) is 0 Å². The fourth-order valence-electron chi connectivity index (χ4n) is 3.82. The van der Waals surface area contributed by atoms with Gasteiger partial charge in [0.25, 0.3) is 0 Å². The maximum Gasteiger partial charge on any atom is 0.120 e. The van der Waals surface area contributed by atoms with Crippen molar-refractivity contribution in [3.8, 4) is 0 Å². The van der Waals surface area contributed by atoms with Gasteiger partial charge in [0.05, 0.1) is 0 Å². The number of benzene rings is 1. The highest BCUT2D eigenvalue weighted by Crippen LogP contribution is 2.34. The molecule has 0 atom stereocenters. The second-order valence-corrected chi connectivity index (χ2v) is 7.05. The van der Waals surface area contributed by atoms with Gasteiger partial charge in [0, 0.05) is 6.42 Å². The number of hydrogen-bond acceptors (Lipinski definition) is 1. The molecule has 1 aromatic carbocycles. The van der Waals surface area contributed by atoms with Gasteiger partial charge >= 0.3 is 0 Å². The van der Waals surface area contributed by atoms with Gasteiger partial charge < -0.3 is 4.79 Å². The van der Waals surface area contributed by atoms with Crippen molar-refractivity contribution in [1.82, 2.24) is 0 Å². The molecule has 2 rings (SSSR count). The Kier molecular flexibility index (Phi) is 7.70. The standard InChI is InChI=1S/C21H32O/c1-2-18-9-11-19(12-10-18)6-3-4-7-20-13-15-21(16-14-20)8-5-17-22/h9-12,17,20-21H,2-8,13-16H2,1H3. The van der Waals surface area contributed by atoms with Crippen LogP contribution in [0.2, 0.25) is 0 Å². The fourth-order valence-corrected chi connectivity index (χ4v) is 3.82. The molecule has 0 radical (unpaired) electrons. The average Bonchev–Trinajstić information content (AvgIpc) is 2.58. The summed E-state index contributed by atoms with van der Waals surface area (Å²) in [4.78, 5) is 10.4.